The van der Waals surface area contributed by atoms with Crippen molar-refractivity contribution >= 4 is 15.7 Å². The summed E-state index contributed by atoms with van der Waals surface area (Å²) in [6, 6.07) is 2.13. The van der Waals surface area contributed by atoms with E-state index in [2.05, 4.69) is 22.3 Å². The lowest BCUT2D eigenvalue weighted by Crippen LogP contribution is -2.43. The Morgan fingerprint density at radius 1 is 1.24 bits per heavy atom. The Morgan fingerprint density at radius 3 is 2.64 bits per heavy atom. The molecule has 1 aromatic heterocycles. The van der Waals surface area contributed by atoms with Crippen molar-refractivity contribution in [3.05, 3.63) is 17.5 Å². The zero-order valence-corrected chi connectivity index (χ0v) is 15.3. The maximum atomic E-state index is 12.4. The van der Waals surface area contributed by atoms with E-state index in [0.717, 1.165) is 31.7 Å². The van der Waals surface area contributed by atoms with Gasteiger partial charge in [-0.25, -0.2) is 8.42 Å². The van der Waals surface area contributed by atoms with E-state index >= 15 is 0 Å². The predicted molar refractivity (Wildman–Crippen MR) is 92.1 cm³/mol. The molecule has 1 aromatic rings. The van der Waals surface area contributed by atoms with Gasteiger partial charge in [0.05, 0.1) is 11.5 Å². The fraction of sp³-hybridized carbons (Fsp3) is 0.765. The molecule has 1 saturated carbocycles. The Morgan fingerprint density at radius 2 is 1.96 bits per heavy atom. The van der Waals surface area contributed by atoms with Gasteiger partial charge in [0.1, 0.15) is 15.6 Å². The Labute approximate surface area is 148 Å². The summed E-state index contributed by atoms with van der Waals surface area (Å²) in [7, 11) is -2.84. The molecule has 0 bridgehead atoms. The van der Waals surface area contributed by atoms with Crippen molar-refractivity contribution in [1.29, 1.82) is 0 Å². The van der Waals surface area contributed by atoms with Crippen LogP contribution in [0.25, 0.3) is 0 Å². The zero-order chi connectivity index (χ0) is 17.6. The molecule has 4 rings (SSSR count). The van der Waals surface area contributed by atoms with E-state index < -0.39 is 9.84 Å². The number of aromatic nitrogens is 1. The van der Waals surface area contributed by atoms with Gasteiger partial charge in [0.25, 0.3) is 5.91 Å². The lowest BCUT2D eigenvalue weighted by atomic mass is 10.1. The molecular formula is C17H25N3O4S. The van der Waals surface area contributed by atoms with Crippen LogP contribution < -0.4 is 5.32 Å². The third kappa shape index (κ3) is 3.74. The minimum Gasteiger partial charge on any atom is -0.360 e. The summed E-state index contributed by atoms with van der Waals surface area (Å²) in [6.07, 6.45) is 3.62. The molecule has 0 spiro atoms. The Balaban J connectivity index is 1.34. The number of nitrogens with one attached hydrogen (secondary N) is 1. The molecule has 7 nitrogen and oxygen atoms in total. The highest BCUT2D eigenvalue weighted by atomic mass is 32.2. The number of hydrogen-bond donors (Lipinski definition) is 1. The maximum absolute atomic E-state index is 12.4. The second kappa shape index (κ2) is 6.39. The molecule has 8 heteroatoms. The molecule has 2 saturated heterocycles. The Hall–Kier alpha value is -1.41. The highest BCUT2D eigenvalue weighted by Gasteiger charge is 2.37. The fourth-order valence-corrected chi connectivity index (χ4v) is 5.40. The average molecular weight is 367 g/mol. The standard InChI is InChI=1S/C17H25N3O4S/c1-11-9-20(13-4-6-25(22,23)7-5-13)10-15(11)18-17(21)14-8-16(24-19-14)12-2-3-12/h8,11-13,15H,2-7,9-10H2,1H3,(H,18,21). The van der Waals surface area contributed by atoms with Crippen molar-refractivity contribution in [1.82, 2.24) is 15.4 Å². The van der Waals surface area contributed by atoms with Crippen LogP contribution in [0, 0.1) is 5.92 Å². The van der Waals surface area contributed by atoms with Crippen LogP contribution in [-0.4, -0.2) is 61.1 Å². The van der Waals surface area contributed by atoms with Crippen LogP contribution in [0.5, 0.6) is 0 Å². The van der Waals surface area contributed by atoms with Crippen LogP contribution in [0.1, 0.15) is 54.8 Å². The van der Waals surface area contributed by atoms with Gasteiger partial charge in [0.2, 0.25) is 0 Å². The number of rotatable bonds is 4. The number of nitrogens with zero attached hydrogens (tertiary/aromatic N) is 2. The Bertz CT molecular complexity index is 742. The first kappa shape index (κ1) is 17.0. The van der Waals surface area contributed by atoms with Gasteiger partial charge in [-0.2, -0.15) is 0 Å². The predicted octanol–water partition coefficient (Wildman–Crippen LogP) is 1.18. The molecular weight excluding hydrogens is 342 g/mol. The quantitative estimate of drug-likeness (QED) is 0.859. The van der Waals surface area contributed by atoms with Gasteiger partial charge < -0.3 is 9.84 Å². The smallest absolute Gasteiger partial charge is 0.273 e. The third-order valence-electron chi connectivity index (χ3n) is 5.74. The summed E-state index contributed by atoms with van der Waals surface area (Å²) >= 11 is 0. The van der Waals surface area contributed by atoms with Gasteiger partial charge in [0.15, 0.2) is 5.69 Å². The molecule has 2 unspecified atom stereocenters. The van der Waals surface area contributed by atoms with Gasteiger partial charge >= 0.3 is 0 Å². The van der Waals surface area contributed by atoms with Crippen molar-refractivity contribution in [2.45, 2.75) is 50.6 Å². The van der Waals surface area contributed by atoms with Crippen molar-refractivity contribution in [2.75, 3.05) is 24.6 Å². The topological polar surface area (TPSA) is 92.5 Å². The minimum atomic E-state index is -2.84. The highest BCUT2D eigenvalue weighted by molar-refractivity contribution is 7.91. The third-order valence-corrected chi connectivity index (χ3v) is 7.45. The van der Waals surface area contributed by atoms with Crippen LogP contribution >= 0.6 is 0 Å². The van der Waals surface area contributed by atoms with Gasteiger partial charge in [-0.05, 0) is 31.6 Å². The summed E-state index contributed by atoms with van der Waals surface area (Å²) in [5.74, 6) is 1.97. The summed E-state index contributed by atoms with van der Waals surface area (Å²) in [5.41, 5.74) is 0.358. The van der Waals surface area contributed by atoms with Crippen LogP contribution in [0.4, 0.5) is 0 Å². The molecule has 3 heterocycles. The number of sulfone groups is 1. The molecule has 3 fully saturated rings. The number of amides is 1. The summed E-state index contributed by atoms with van der Waals surface area (Å²) in [6.45, 7) is 3.79. The lowest BCUT2D eigenvalue weighted by molar-refractivity contribution is 0.0921. The SMILES string of the molecule is CC1CN(C2CCS(=O)(=O)CC2)CC1NC(=O)c1cc(C2CC2)on1. The van der Waals surface area contributed by atoms with E-state index in [1.807, 2.05) is 0 Å². The normalized spacial score (nSPS) is 30.4. The summed E-state index contributed by atoms with van der Waals surface area (Å²) in [4.78, 5) is 14.8. The molecule has 138 valence electrons. The monoisotopic (exact) mass is 367 g/mol. The van der Waals surface area contributed by atoms with Gasteiger partial charge in [0, 0.05) is 37.2 Å². The Kier molecular flexibility index (Phi) is 4.35. The van der Waals surface area contributed by atoms with Gasteiger partial charge in [-0.1, -0.05) is 12.1 Å². The summed E-state index contributed by atoms with van der Waals surface area (Å²) < 4.78 is 28.5. The molecule has 25 heavy (non-hydrogen) atoms. The minimum absolute atomic E-state index is 0.0621. The first-order valence-electron chi connectivity index (χ1n) is 9.13. The van der Waals surface area contributed by atoms with Crippen LogP contribution in [-0.2, 0) is 9.84 Å². The van der Waals surface area contributed by atoms with E-state index in [9.17, 15) is 13.2 Å². The molecule has 1 aliphatic carbocycles. The average Bonchev–Trinajstić information content (AvgIpc) is 3.18. The maximum Gasteiger partial charge on any atom is 0.273 e. The van der Waals surface area contributed by atoms with Crippen LogP contribution in [0.15, 0.2) is 10.6 Å². The van der Waals surface area contributed by atoms with Crippen molar-refractivity contribution in [2.24, 2.45) is 5.92 Å². The van der Waals surface area contributed by atoms with E-state index in [0.29, 0.717) is 36.4 Å². The number of hydrogen-bond acceptors (Lipinski definition) is 6. The van der Waals surface area contributed by atoms with E-state index in [4.69, 9.17) is 4.52 Å². The largest absolute Gasteiger partial charge is 0.360 e. The molecule has 0 radical (unpaired) electrons. The molecule has 1 amide bonds. The molecule has 2 atom stereocenters. The fourth-order valence-electron chi connectivity index (χ4n) is 3.93. The molecule has 0 aromatic carbocycles. The van der Waals surface area contributed by atoms with Crippen molar-refractivity contribution in [3.8, 4) is 0 Å². The van der Waals surface area contributed by atoms with Crippen LogP contribution in [0.2, 0.25) is 0 Å². The van der Waals surface area contributed by atoms with Crippen molar-refractivity contribution < 1.29 is 17.7 Å². The van der Waals surface area contributed by atoms with E-state index in [1.54, 1.807) is 6.07 Å². The van der Waals surface area contributed by atoms with Crippen molar-refractivity contribution in [3.63, 3.8) is 0 Å². The second-order valence-electron chi connectivity index (χ2n) is 7.78. The van der Waals surface area contributed by atoms with E-state index in [1.165, 1.54) is 0 Å². The lowest BCUT2D eigenvalue weighted by Gasteiger charge is -2.30. The van der Waals surface area contributed by atoms with E-state index in [-0.39, 0.29) is 23.5 Å². The zero-order valence-electron chi connectivity index (χ0n) is 14.5. The first-order chi connectivity index (χ1) is 11.9. The van der Waals surface area contributed by atoms with Crippen LogP contribution in [0.3, 0.4) is 0 Å². The first-order valence-corrected chi connectivity index (χ1v) is 11.0. The number of carbonyl (C=O) groups excluding carboxylic acids is 1. The molecule has 2 aliphatic heterocycles. The highest BCUT2D eigenvalue weighted by Crippen LogP contribution is 2.40. The molecule has 3 aliphatic rings. The summed E-state index contributed by atoms with van der Waals surface area (Å²) in [5, 5.41) is 6.98. The molecule has 1 N–H and O–H groups in total. The number of carbonyl (C=O) groups is 1. The van der Waals surface area contributed by atoms with Gasteiger partial charge in [-0.15, -0.1) is 0 Å². The number of likely N-dealkylation sites (tertiary alicyclic amines) is 1. The second-order valence-corrected chi connectivity index (χ2v) is 10.1. The van der Waals surface area contributed by atoms with Gasteiger partial charge in [-0.3, -0.25) is 9.69 Å².